The van der Waals surface area contributed by atoms with Crippen molar-refractivity contribution in [3.8, 4) is 0 Å². The highest BCUT2D eigenvalue weighted by Crippen LogP contribution is 1.98. The molecule has 13 heavy (non-hydrogen) atoms. The van der Waals surface area contributed by atoms with Gasteiger partial charge in [0.05, 0.1) is 5.75 Å². The standard InChI is InChI=1S/C8H17NO3S/c1-4-7(2)8(10)9-5-6-13(3,11)12/h7H,4-6H2,1-3H3,(H,9,10). The van der Waals surface area contributed by atoms with E-state index in [9.17, 15) is 13.2 Å². The van der Waals surface area contributed by atoms with E-state index in [1.54, 1.807) is 0 Å². The van der Waals surface area contributed by atoms with Gasteiger partial charge in [0.1, 0.15) is 9.84 Å². The van der Waals surface area contributed by atoms with E-state index in [1.807, 2.05) is 13.8 Å². The summed E-state index contributed by atoms with van der Waals surface area (Å²) in [5.74, 6) is -0.111. The fraction of sp³-hybridized carbons (Fsp3) is 0.875. The third-order valence-electron chi connectivity index (χ3n) is 1.83. The summed E-state index contributed by atoms with van der Waals surface area (Å²) in [5, 5.41) is 2.57. The highest BCUT2D eigenvalue weighted by atomic mass is 32.2. The Morgan fingerprint density at radius 3 is 2.38 bits per heavy atom. The summed E-state index contributed by atoms with van der Waals surface area (Å²) in [6.45, 7) is 3.94. The zero-order chi connectivity index (χ0) is 10.5. The van der Waals surface area contributed by atoms with Crippen molar-refractivity contribution in [3.05, 3.63) is 0 Å². The van der Waals surface area contributed by atoms with Crippen LogP contribution in [-0.4, -0.2) is 32.9 Å². The van der Waals surface area contributed by atoms with Crippen LogP contribution in [0.15, 0.2) is 0 Å². The van der Waals surface area contributed by atoms with Crippen LogP contribution in [-0.2, 0) is 14.6 Å². The van der Waals surface area contributed by atoms with Gasteiger partial charge in [-0.2, -0.15) is 0 Å². The Morgan fingerprint density at radius 2 is 2.00 bits per heavy atom. The Labute approximate surface area is 79.6 Å². The zero-order valence-electron chi connectivity index (χ0n) is 8.33. The monoisotopic (exact) mass is 207 g/mol. The Hall–Kier alpha value is -0.580. The van der Waals surface area contributed by atoms with E-state index in [0.29, 0.717) is 0 Å². The smallest absolute Gasteiger partial charge is 0.222 e. The Kier molecular flexibility index (Phi) is 4.98. The van der Waals surface area contributed by atoms with Crippen LogP contribution in [0, 0.1) is 5.92 Å². The second-order valence-corrected chi connectivity index (χ2v) is 5.49. The van der Waals surface area contributed by atoms with Gasteiger partial charge in [-0.05, 0) is 6.42 Å². The summed E-state index contributed by atoms with van der Waals surface area (Å²) in [4.78, 5) is 11.2. The molecule has 1 unspecified atom stereocenters. The molecular weight excluding hydrogens is 190 g/mol. The third-order valence-corrected chi connectivity index (χ3v) is 2.78. The number of carbonyl (C=O) groups is 1. The van der Waals surface area contributed by atoms with Gasteiger partial charge in [0.25, 0.3) is 0 Å². The topological polar surface area (TPSA) is 63.2 Å². The quantitative estimate of drug-likeness (QED) is 0.700. The van der Waals surface area contributed by atoms with Crippen molar-refractivity contribution in [2.75, 3.05) is 18.6 Å². The minimum absolute atomic E-state index is 0.00910. The first-order valence-corrected chi connectivity index (χ1v) is 6.38. The van der Waals surface area contributed by atoms with Crippen molar-refractivity contribution in [2.24, 2.45) is 5.92 Å². The van der Waals surface area contributed by atoms with Crippen LogP contribution in [0.4, 0.5) is 0 Å². The molecule has 0 rings (SSSR count). The molecule has 0 aromatic heterocycles. The molecule has 0 radical (unpaired) electrons. The first kappa shape index (κ1) is 12.4. The number of sulfone groups is 1. The number of rotatable bonds is 5. The maximum absolute atomic E-state index is 11.2. The lowest BCUT2D eigenvalue weighted by atomic mass is 10.1. The number of nitrogens with one attached hydrogen (secondary N) is 1. The summed E-state index contributed by atoms with van der Waals surface area (Å²) in [6, 6.07) is 0. The van der Waals surface area contributed by atoms with Crippen LogP contribution in [0.1, 0.15) is 20.3 Å². The summed E-state index contributed by atoms with van der Waals surface area (Å²) in [5.41, 5.74) is 0. The van der Waals surface area contributed by atoms with E-state index in [1.165, 1.54) is 0 Å². The Bertz CT molecular complexity index is 259. The molecule has 0 saturated carbocycles. The average molecular weight is 207 g/mol. The second kappa shape index (κ2) is 5.21. The first-order valence-electron chi connectivity index (χ1n) is 4.32. The number of hydrogen-bond acceptors (Lipinski definition) is 3. The van der Waals surface area contributed by atoms with Crippen LogP contribution in [0.3, 0.4) is 0 Å². The Balaban J connectivity index is 3.72. The molecule has 5 heteroatoms. The highest BCUT2D eigenvalue weighted by Gasteiger charge is 2.10. The van der Waals surface area contributed by atoms with Crippen LogP contribution in [0.2, 0.25) is 0 Å². The van der Waals surface area contributed by atoms with E-state index in [4.69, 9.17) is 0 Å². The van der Waals surface area contributed by atoms with Crippen LogP contribution < -0.4 is 5.32 Å². The summed E-state index contributed by atoms with van der Waals surface area (Å²) in [7, 11) is -2.97. The van der Waals surface area contributed by atoms with Gasteiger partial charge in [-0.25, -0.2) is 8.42 Å². The van der Waals surface area contributed by atoms with Crippen LogP contribution in [0.5, 0.6) is 0 Å². The molecule has 0 aromatic rings. The van der Waals surface area contributed by atoms with Gasteiger partial charge in [-0.15, -0.1) is 0 Å². The molecule has 1 amide bonds. The van der Waals surface area contributed by atoms with Gasteiger partial charge >= 0.3 is 0 Å². The van der Waals surface area contributed by atoms with E-state index in [0.717, 1.165) is 12.7 Å². The van der Waals surface area contributed by atoms with E-state index in [-0.39, 0.29) is 24.1 Å². The molecule has 0 aliphatic rings. The second-order valence-electron chi connectivity index (χ2n) is 3.23. The molecule has 0 spiro atoms. The minimum Gasteiger partial charge on any atom is -0.355 e. The van der Waals surface area contributed by atoms with Gasteiger partial charge < -0.3 is 5.32 Å². The maximum atomic E-state index is 11.2. The van der Waals surface area contributed by atoms with Crippen molar-refractivity contribution in [3.63, 3.8) is 0 Å². The van der Waals surface area contributed by atoms with E-state index in [2.05, 4.69) is 5.32 Å². The molecular formula is C8H17NO3S. The van der Waals surface area contributed by atoms with Crippen LogP contribution in [0.25, 0.3) is 0 Å². The minimum atomic E-state index is -2.97. The van der Waals surface area contributed by atoms with Crippen molar-refractivity contribution >= 4 is 15.7 Å². The van der Waals surface area contributed by atoms with Crippen molar-refractivity contribution in [1.82, 2.24) is 5.32 Å². The molecule has 4 nitrogen and oxygen atoms in total. The molecule has 1 N–H and O–H groups in total. The Morgan fingerprint density at radius 1 is 1.46 bits per heavy atom. The van der Waals surface area contributed by atoms with Gasteiger partial charge in [-0.1, -0.05) is 13.8 Å². The molecule has 0 aliphatic carbocycles. The predicted molar refractivity (Wildman–Crippen MR) is 52.2 cm³/mol. The fourth-order valence-corrected chi connectivity index (χ4v) is 1.19. The molecule has 0 aromatic carbocycles. The van der Waals surface area contributed by atoms with Gasteiger partial charge in [0.15, 0.2) is 0 Å². The molecule has 0 saturated heterocycles. The lowest BCUT2D eigenvalue weighted by Gasteiger charge is -2.08. The molecule has 0 heterocycles. The molecule has 0 fully saturated rings. The third kappa shape index (κ3) is 6.57. The van der Waals surface area contributed by atoms with E-state index >= 15 is 0 Å². The molecule has 1 atom stereocenters. The van der Waals surface area contributed by atoms with E-state index < -0.39 is 9.84 Å². The maximum Gasteiger partial charge on any atom is 0.222 e. The van der Waals surface area contributed by atoms with Crippen molar-refractivity contribution in [2.45, 2.75) is 20.3 Å². The highest BCUT2D eigenvalue weighted by molar-refractivity contribution is 7.90. The fourth-order valence-electron chi connectivity index (χ4n) is 0.719. The zero-order valence-corrected chi connectivity index (χ0v) is 9.15. The predicted octanol–water partition coefficient (Wildman–Crippen LogP) is 0.193. The molecule has 78 valence electrons. The number of amides is 1. The summed E-state index contributed by atoms with van der Waals surface area (Å²) < 4.78 is 21.4. The summed E-state index contributed by atoms with van der Waals surface area (Å²) in [6.07, 6.45) is 1.92. The number of carbonyl (C=O) groups excluding carboxylic acids is 1. The average Bonchev–Trinajstić information content (AvgIpc) is 2.00. The summed E-state index contributed by atoms with van der Waals surface area (Å²) >= 11 is 0. The van der Waals surface area contributed by atoms with Crippen LogP contribution >= 0.6 is 0 Å². The molecule has 0 aliphatic heterocycles. The van der Waals surface area contributed by atoms with Gasteiger partial charge in [-0.3, -0.25) is 4.79 Å². The molecule has 0 bridgehead atoms. The van der Waals surface area contributed by atoms with Crippen molar-refractivity contribution in [1.29, 1.82) is 0 Å². The lowest BCUT2D eigenvalue weighted by Crippen LogP contribution is -2.32. The van der Waals surface area contributed by atoms with Gasteiger partial charge in [0.2, 0.25) is 5.91 Å². The SMILES string of the molecule is CCC(C)C(=O)NCCS(C)(=O)=O. The lowest BCUT2D eigenvalue weighted by molar-refractivity contribution is -0.124. The first-order chi connectivity index (χ1) is 5.87. The van der Waals surface area contributed by atoms with Gasteiger partial charge in [0, 0.05) is 18.7 Å². The largest absolute Gasteiger partial charge is 0.355 e. The van der Waals surface area contributed by atoms with Crippen molar-refractivity contribution < 1.29 is 13.2 Å². The normalized spacial score (nSPS) is 13.8. The number of hydrogen-bond donors (Lipinski definition) is 1.